The standard InChI is InChI=1S/C54H35BN4/c1-3-16-36(17-4-1)56-50-32-30-38(58-46-24-11-7-20-40(46)41-21-8-12-25-47(41)58)34-44(50)55-45-35-39(59-48-26-13-9-22-42(48)43-23-10-14-27-49(43)59)31-33-51(45)57(37-18-5-2-6-19-37)53-29-15-28-52(56)54(53)55/h1-35H. The molecule has 13 rings (SSSR count). The second-order valence-electron chi connectivity index (χ2n) is 15.7. The summed E-state index contributed by atoms with van der Waals surface area (Å²) in [7, 11) is 0. The number of rotatable bonds is 4. The molecule has 0 amide bonds. The van der Waals surface area contributed by atoms with Crippen molar-refractivity contribution in [3.63, 3.8) is 0 Å². The van der Waals surface area contributed by atoms with E-state index in [2.05, 4.69) is 231 Å². The highest BCUT2D eigenvalue weighted by Crippen LogP contribution is 2.45. The molecule has 2 aromatic heterocycles. The van der Waals surface area contributed by atoms with E-state index in [4.69, 9.17) is 0 Å². The molecule has 0 atom stereocenters. The molecule has 0 radical (unpaired) electrons. The van der Waals surface area contributed by atoms with E-state index in [9.17, 15) is 0 Å². The summed E-state index contributed by atoms with van der Waals surface area (Å²) < 4.78 is 4.90. The second kappa shape index (κ2) is 12.4. The summed E-state index contributed by atoms with van der Waals surface area (Å²) in [6, 6.07) is 78.1. The van der Waals surface area contributed by atoms with Gasteiger partial charge in [-0.3, -0.25) is 0 Å². The third-order valence-electron chi connectivity index (χ3n) is 12.7. The molecule has 0 saturated heterocycles. The van der Waals surface area contributed by atoms with Crippen LogP contribution in [-0.4, -0.2) is 15.8 Å². The molecule has 11 aromatic rings. The van der Waals surface area contributed by atoms with E-state index in [1.807, 2.05) is 0 Å². The molecular weight excluding hydrogens is 715 g/mol. The number of para-hydroxylation sites is 6. The monoisotopic (exact) mass is 750 g/mol. The molecule has 4 heterocycles. The number of hydrogen-bond donors (Lipinski definition) is 0. The Morgan fingerprint density at radius 1 is 0.271 bits per heavy atom. The molecule has 5 heteroatoms. The van der Waals surface area contributed by atoms with E-state index in [1.165, 1.54) is 82.7 Å². The van der Waals surface area contributed by atoms with Crippen molar-refractivity contribution in [2.45, 2.75) is 0 Å². The number of anilines is 6. The van der Waals surface area contributed by atoms with Gasteiger partial charge < -0.3 is 18.9 Å². The molecule has 2 aliphatic heterocycles. The number of hydrogen-bond acceptors (Lipinski definition) is 2. The largest absolute Gasteiger partial charge is 0.311 e. The predicted octanol–water partition coefficient (Wildman–Crippen LogP) is 12.0. The van der Waals surface area contributed by atoms with Gasteiger partial charge in [0.2, 0.25) is 0 Å². The van der Waals surface area contributed by atoms with Gasteiger partial charge in [0.1, 0.15) is 0 Å². The van der Waals surface area contributed by atoms with Crippen LogP contribution in [0.3, 0.4) is 0 Å². The first kappa shape index (κ1) is 32.3. The lowest BCUT2D eigenvalue weighted by molar-refractivity contribution is 1.17. The van der Waals surface area contributed by atoms with Crippen LogP contribution in [0.1, 0.15) is 0 Å². The molecule has 59 heavy (non-hydrogen) atoms. The minimum Gasteiger partial charge on any atom is -0.311 e. The first-order valence-corrected chi connectivity index (χ1v) is 20.4. The number of fused-ring (bicyclic) bond motifs is 10. The quantitative estimate of drug-likeness (QED) is 0.167. The average Bonchev–Trinajstić information content (AvgIpc) is 3.82. The molecule has 0 unspecified atom stereocenters. The van der Waals surface area contributed by atoms with Crippen molar-refractivity contribution in [1.82, 2.24) is 9.13 Å². The lowest BCUT2D eigenvalue weighted by atomic mass is 9.33. The molecule has 0 fully saturated rings. The van der Waals surface area contributed by atoms with Crippen LogP contribution in [0, 0.1) is 0 Å². The highest BCUT2D eigenvalue weighted by molar-refractivity contribution is 7.00. The summed E-state index contributed by atoms with van der Waals surface area (Å²) in [6.07, 6.45) is 0. The van der Waals surface area contributed by atoms with Crippen LogP contribution in [0.4, 0.5) is 34.1 Å². The van der Waals surface area contributed by atoms with Crippen LogP contribution < -0.4 is 26.2 Å². The zero-order chi connectivity index (χ0) is 38.6. The zero-order valence-electron chi connectivity index (χ0n) is 32.1. The van der Waals surface area contributed by atoms with Gasteiger partial charge in [0.05, 0.1) is 22.1 Å². The van der Waals surface area contributed by atoms with Crippen molar-refractivity contribution >= 4 is 101 Å². The van der Waals surface area contributed by atoms with E-state index >= 15 is 0 Å². The summed E-state index contributed by atoms with van der Waals surface area (Å²) in [4.78, 5) is 4.95. The SMILES string of the molecule is c1ccc(N2c3ccc(-n4c5ccccc5c5ccccc54)cc3B3c4cc(-n5c6ccccc6c6ccccc65)ccc4N(c4ccccc4)c4cccc2c43)cc1. The van der Waals surface area contributed by atoms with Crippen LogP contribution in [0.2, 0.25) is 0 Å². The molecule has 0 N–H and O–H groups in total. The smallest absolute Gasteiger partial charge is 0.252 e. The normalized spacial score (nSPS) is 13.0. The molecule has 274 valence electrons. The highest BCUT2D eigenvalue weighted by atomic mass is 15.2. The molecule has 0 aliphatic carbocycles. The van der Waals surface area contributed by atoms with Crippen molar-refractivity contribution in [2.24, 2.45) is 0 Å². The fourth-order valence-electron chi connectivity index (χ4n) is 10.3. The molecule has 0 spiro atoms. The Hall–Kier alpha value is -7.76. The van der Waals surface area contributed by atoms with Gasteiger partial charge >= 0.3 is 0 Å². The molecular formula is C54H35BN4. The zero-order valence-corrected chi connectivity index (χ0v) is 32.1. The van der Waals surface area contributed by atoms with Crippen molar-refractivity contribution < 1.29 is 0 Å². The van der Waals surface area contributed by atoms with Crippen molar-refractivity contribution in [3.05, 3.63) is 212 Å². The van der Waals surface area contributed by atoms with Gasteiger partial charge in [0, 0.05) is 67.0 Å². The molecule has 4 nitrogen and oxygen atoms in total. The van der Waals surface area contributed by atoms with Crippen molar-refractivity contribution in [1.29, 1.82) is 0 Å². The van der Waals surface area contributed by atoms with Gasteiger partial charge in [0.15, 0.2) is 0 Å². The summed E-state index contributed by atoms with van der Waals surface area (Å²) in [5.74, 6) is 0. The van der Waals surface area contributed by atoms with Crippen molar-refractivity contribution in [3.8, 4) is 11.4 Å². The fraction of sp³-hybridized carbons (Fsp3) is 0. The minimum absolute atomic E-state index is 0.0489. The Balaban J connectivity index is 1.14. The fourth-order valence-corrected chi connectivity index (χ4v) is 10.3. The third-order valence-corrected chi connectivity index (χ3v) is 12.7. The number of nitrogens with zero attached hydrogens (tertiary/aromatic N) is 4. The Bertz CT molecular complexity index is 3140. The maximum Gasteiger partial charge on any atom is 0.252 e. The van der Waals surface area contributed by atoms with Gasteiger partial charge in [0.25, 0.3) is 6.71 Å². The number of benzene rings is 9. The lowest BCUT2D eigenvalue weighted by Crippen LogP contribution is -2.61. The van der Waals surface area contributed by atoms with E-state index in [0.717, 1.165) is 22.7 Å². The van der Waals surface area contributed by atoms with E-state index in [0.29, 0.717) is 0 Å². The Labute approximate surface area is 342 Å². The van der Waals surface area contributed by atoms with Gasteiger partial charge in [-0.2, -0.15) is 0 Å². The Morgan fingerprint density at radius 2 is 0.627 bits per heavy atom. The second-order valence-corrected chi connectivity index (χ2v) is 15.7. The van der Waals surface area contributed by atoms with E-state index in [-0.39, 0.29) is 6.71 Å². The minimum atomic E-state index is -0.0489. The summed E-state index contributed by atoms with van der Waals surface area (Å²) in [5.41, 5.74) is 18.1. The Morgan fingerprint density at radius 3 is 1.02 bits per heavy atom. The van der Waals surface area contributed by atoms with E-state index < -0.39 is 0 Å². The Kier molecular flexibility index (Phi) is 6.78. The van der Waals surface area contributed by atoms with Crippen LogP contribution in [0.15, 0.2) is 212 Å². The molecule has 2 aliphatic rings. The van der Waals surface area contributed by atoms with Gasteiger partial charge in [-0.25, -0.2) is 0 Å². The van der Waals surface area contributed by atoms with Crippen LogP contribution >= 0.6 is 0 Å². The van der Waals surface area contributed by atoms with Crippen LogP contribution in [0.5, 0.6) is 0 Å². The van der Waals surface area contributed by atoms with Gasteiger partial charge in [-0.15, -0.1) is 0 Å². The molecule has 9 aromatic carbocycles. The molecule has 0 saturated carbocycles. The maximum atomic E-state index is 2.48. The summed E-state index contributed by atoms with van der Waals surface area (Å²) in [6.45, 7) is -0.0489. The summed E-state index contributed by atoms with van der Waals surface area (Å²) >= 11 is 0. The predicted molar refractivity (Wildman–Crippen MR) is 249 cm³/mol. The van der Waals surface area contributed by atoms with Crippen molar-refractivity contribution in [2.75, 3.05) is 9.80 Å². The van der Waals surface area contributed by atoms with Gasteiger partial charge in [-0.1, -0.05) is 115 Å². The van der Waals surface area contributed by atoms with Crippen LogP contribution in [-0.2, 0) is 0 Å². The first-order chi connectivity index (χ1) is 29.3. The van der Waals surface area contributed by atoms with Gasteiger partial charge in [-0.05, 0) is 113 Å². The number of aromatic nitrogens is 2. The lowest BCUT2D eigenvalue weighted by Gasteiger charge is -2.44. The highest BCUT2D eigenvalue weighted by Gasteiger charge is 2.43. The van der Waals surface area contributed by atoms with E-state index in [1.54, 1.807) is 0 Å². The molecule has 0 bridgehead atoms. The maximum absolute atomic E-state index is 2.48. The van der Waals surface area contributed by atoms with Crippen LogP contribution in [0.25, 0.3) is 55.0 Å². The first-order valence-electron chi connectivity index (χ1n) is 20.4. The third kappa shape index (κ3) is 4.55. The topological polar surface area (TPSA) is 16.3 Å². The average molecular weight is 751 g/mol. The summed E-state index contributed by atoms with van der Waals surface area (Å²) in [5, 5.41) is 5.04.